The average Bonchev–Trinajstić information content (AvgIpc) is 3.05. The van der Waals surface area contributed by atoms with Crippen LogP contribution in [0.1, 0.15) is 109 Å². The molecule has 0 aromatic heterocycles. The molecule has 0 saturated carbocycles. The first-order valence-electron chi connectivity index (χ1n) is 15.4. The van der Waals surface area contributed by atoms with Gasteiger partial charge in [0, 0.05) is 0 Å². The van der Waals surface area contributed by atoms with Gasteiger partial charge >= 0.3 is 23.9 Å². The monoisotopic (exact) mass is 624 g/mol. The summed E-state index contributed by atoms with van der Waals surface area (Å²) in [7, 11) is 0. The van der Waals surface area contributed by atoms with E-state index in [1.54, 1.807) is 18.2 Å². The fourth-order valence-corrected chi connectivity index (χ4v) is 5.09. The van der Waals surface area contributed by atoms with E-state index in [4.69, 9.17) is 4.74 Å². The molecular formula is C38H40O8. The first-order valence-corrected chi connectivity index (χ1v) is 15.4. The van der Waals surface area contributed by atoms with Crippen LogP contribution in [0, 0.1) is 0 Å². The molecule has 0 spiro atoms. The molecule has 4 aromatic carbocycles. The second-order valence-electron chi connectivity index (χ2n) is 10.8. The molecule has 4 aromatic rings. The highest BCUT2D eigenvalue weighted by molar-refractivity contribution is 6.04. The van der Waals surface area contributed by atoms with Crippen molar-refractivity contribution < 1.29 is 39.2 Å². The van der Waals surface area contributed by atoms with E-state index in [1.807, 2.05) is 67.6 Å². The summed E-state index contributed by atoms with van der Waals surface area (Å²) < 4.78 is 5.16. The zero-order valence-electron chi connectivity index (χ0n) is 26.2. The lowest BCUT2D eigenvalue weighted by Gasteiger charge is -2.15. The van der Waals surface area contributed by atoms with Crippen molar-refractivity contribution in [2.24, 2.45) is 0 Å². The third kappa shape index (κ3) is 9.89. The zero-order valence-corrected chi connectivity index (χ0v) is 26.2. The van der Waals surface area contributed by atoms with Crippen LogP contribution >= 0.6 is 0 Å². The molecule has 0 saturated heterocycles. The number of carbonyl (C=O) groups is 4. The second kappa shape index (κ2) is 17.9. The fourth-order valence-electron chi connectivity index (χ4n) is 5.09. The molecule has 46 heavy (non-hydrogen) atoms. The number of benzene rings is 4. The summed E-state index contributed by atoms with van der Waals surface area (Å²) in [6.07, 6.45) is 5.23. The lowest BCUT2D eigenvalue weighted by atomic mass is 9.89. The van der Waals surface area contributed by atoms with Gasteiger partial charge in [-0.3, -0.25) is 0 Å². The Hall–Kier alpha value is -5.24. The predicted octanol–water partition coefficient (Wildman–Crippen LogP) is 7.95. The number of unbranched alkanes of at least 4 members (excludes halogenated alkanes) is 2. The van der Waals surface area contributed by atoms with Crippen LogP contribution < -0.4 is 0 Å². The Bertz CT molecular complexity index is 1630. The smallest absolute Gasteiger partial charge is 0.339 e. The first kappa shape index (κ1) is 35.2. The summed E-state index contributed by atoms with van der Waals surface area (Å²) in [5.74, 6) is -4.09. The van der Waals surface area contributed by atoms with Crippen LogP contribution in [0.25, 0.3) is 0 Å². The maximum Gasteiger partial charge on any atom is 0.339 e. The van der Waals surface area contributed by atoms with Crippen molar-refractivity contribution in [3.8, 4) is 0 Å². The molecular weight excluding hydrogens is 584 g/mol. The molecule has 0 atom stereocenters. The minimum absolute atomic E-state index is 0.0258. The van der Waals surface area contributed by atoms with Crippen LogP contribution in [0.3, 0.4) is 0 Å². The van der Waals surface area contributed by atoms with E-state index in [2.05, 4.69) is 6.92 Å². The molecule has 0 aliphatic rings. The Labute approximate surface area is 269 Å². The molecule has 8 heteroatoms. The Balaban J connectivity index is 0.000000250. The lowest BCUT2D eigenvalue weighted by molar-refractivity contribution is 0.0488. The number of hydrogen-bond donors (Lipinski definition) is 3. The second-order valence-corrected chi connectivity index (χ2v) is 10.8. The molecule has 0 unspecified atom stereocenters. The number of hydrogen-bond acceptors (Lipinski definition) is 5. The molecule has 0 heterocycles. The zero-order chi connectivity index (χ0) is 33.5. The van der Waals surface area contributed by atoms with Gasteiger partial charge in [0.05, 0.1) is 28.9 Å². The van der Waals surface area contributed by atoms with E-state index in [0.29, 0.717) is 30.6 Å². The maximum atomic E-state index is 12.2. The highest BCUT2D eigenvalue weighted by Gasteiger charge is 2.23. The first-order chi connectivity index (χ1) is 22.2. The van der Waals surface area contributed by atoms with Crippen molar-refractivity contribution in [3.05, 3.63) is 141 Å². The fraction of sp³-hybridized carbons (Fsp3) is 0.263. The van der Waals surface area contributed by atoms with Crippen LogP contribution in [-0.4, -0.2) is 45.8 Å². The normalized spacial score (nSPS) is 10.4. The predicted molar refractivity (Wildman–Crippen MR) is 176 cm³/mol. The number of ether oxygens (including phenoxy) is 1. The summed E-state index contributed by atoms with van der Waals surface area (Å²) in [6.45, 7) is 4.37. The molecule has 3 N–H and O–H groups in total. The number of aromatic carboxylic acids is 3. The molecule has 0 fully saturated rings. The number of carboxylic acid groups (broad SMARTS) is 3. The topological polar surface area (TPSA) is 138 Å². The van der Waals surface area contributed by atoms with Gasteiger partial charge in [-0.05, 0) is 72.1 Å². The summed E-state index contributed by atoms with van der Waals surface area (Å²) in [4.78, 5) is 46.9. The van der Waals surface area contributed by atoms with Crippen molar-refractivity contribution in [2.75, 3.05) is 6.61 Å². The summed E-state index contributed by atoms with van der Waals surface area (Å²) in [5.41, 5.74) is 3.99. The number of aryl methyl sites for hydroxylation is 1. The minimum atomic E-state index is -1.21. The Morgan fingerprint density at radius 3 is 1.70 bits per heavy atom. The van der Waals surface area contributed by atoms with Crippen molar-refractivity contribution in [2.45, 2.75) is 58.8 Å². The van der Waals surface area contributed by atoms with Crippen LogP contribution in [0.15, 0.2) is 91.0 Å². The van der Waals surface area contributed by atoms with Crippen LogP contribution in [0.5, 0.6) is 0 Å². The van der Waals surface area contributed by atoms with E-state index in [0.717, 1.165) is 48.8 Å². The van der Waals surface area contributed by atoms with E-state index in [9.17, 15) is 34.5 Å². The number of esters is 1. The average molecular weight is 625 g/mol. The van der Waals surface area contributed by atoms with Gasteiger partial charge in [0.25, 0.3) is 0 Å². The van der Waals surface area contributed by atoms with Crippen molar-refractivity contribution in [1.82, 2.24) is 0 Å². The van der Waals surface area contributed by atoms with Gasteiger partial charge < -0.3 is 20.1 Å². The summed E-state index contributed by atoms with van der Waals surface area (Å²) in [5, 5.41) is 28.4. The highest BCUT2D eigenvalue weighted by atomic mass is 16.5. The SMILES string of the molecule is CCCCOC(=O)c1cccc(Cc2ccccc2)c1C(=O)O.CCCCc1ccc(C(=O)O)c(C(=O)O)c1Cc1ccccc1. The van der Waals surface area contributed by atoms with Gasteiger partial charge in [0.1, 0.15) is 0 Å². The van der Waals surface area contributed by atoms with Gasteiger partial charge in [0.15, 0.2) is 0 Å². The van der Waals surface area contributed by atoms with Gasteiger partial charge in [-0.2, -0.15) is 0 Å². The lowest BCUT2D eigenvalue weighted by Crippen LogP contribution is -2.15. The molecule has 4 rings (SSSR count). The van der Waals surface area contributed by atoms with E-state index >= 15 is 0 Å². The Morgan fingerprint density at radius 1 is 0.565 bits per heavy atom. The van der Waals surface area contributed by atoms with Gasteiger partial charge in [-0.1, -0.05) is 106 Å². The largest absolute Gasteiger partial charge is 0.478 e. The number of carbonyl (C=O) groups excluding carboxylic acids is 1. The van der Waals surface area contributed by atoms with Crippen molar-refractivity contribution in [3.63, 3.8) is 0 Å². The molecule has 0 aliphatic carbocycles. The van der Waals surface area contributed by atoms with Gasteiger partial charge in [-0.25, -0.2) is 19.2 Å². The van der Waals surface area contributed by atoms with E-state index in [1.165, 1.54) is 12.1 Å². The quantitative estimate of drug-likeness (QED) is 0.0949. The van der Waals surface area contributed by atoms with Crippen molar-refractivity contribution >= 4 is 23.9 Å². The van der Waals surface area contributed by atoms with Crippen LogP contribution in [-0.2, 0) is 24.0 Å². The minimum Gasteiger partial charge on any atom is -0.478 e. The molecule has 0 amide bonds. The Morgan fingerprint density at radius 2 is 1.15 bits per heavy atom. The van der Waals surface area contributed by atoms with E-state index in [-0.39, 0.29) is 22.3 Å². The summed E-state index contributed by atoms with van der Waals surface area (Å²) in [6, 6.07) is 27.2. The molecule has 0 bridgehead atoms. The molecule has 0 radical (unpaired) electrons. The molecule has 8 nitrogen and oxygen atoms in total. The molecule has 240 valence electrons. The standard InChI is InChI=1S/2C19H20O4/c1-2-3-12-23-19(22)16-11-7-10-15(17(16)18(20)21)13-14-8-5-4-6-9-14;1-2-3-9-14-10-11-15(18(20)21)17(19(22)23)16(14)12-13-7-5-4-6-8-13/h4-11H,2-3,12-13H2,1H3,(H,20,21);4-8,10-11H,2-3,9,12H2,1H3,(H,20,21)(H,22,23). The molecule has 0 aliphatic heterocycles. The number of carboxylic acids is 3. The maximum absolute atomic E-state index is 12.2. The van der Waals surface area contributed by atoms with Gasteiger partial charge in [-0.15, -0.1) is 0 Å². The third-order valence-electron chi connectivity index (χ3n) is 7.43. The highest BCUT2D eigenvalue weighted by Crippen LogP contribution is 2.25. The number of rotatable bonds is 14. The van der Waals surface area contributed by atoms with Gasteiger partial charge in [0.2, 0.25) is 0 Å². The van der Waals surface area contributed by atoms with Crippen LogP contribution in [0.4, 0.5) is 0 Å². The Kier molecular flexibility index (Phi) is 13.7. The third-order valence-corrected chi connectivity index (χ3v) is 7.43. The van der Waals surface area contributed by atoms with Crippen molar-refractivity contribution in [1.29, 1.82) is 0 Å². The summed E-state index contributed by atoms with van der Waals surface area (Å²) >= 11 is 0. The van der Waals surface area contributed by atoms with E-state index < -0.39 is 23.9 Å². The van der Waals surface area contributed by atoms with Crippen LogP contribution in [0.2, 0.25) is 0 Å².